The van der Waals surface area contributed by atoms with E-state index in [1.807, 2.05) is 13.1 Å². The van der Waals surface area contributed by atoms with Gasteiger partial charge in [-0.15, -0.1) is 11.3 Å². The molecule has 4 heteroatoms. The highest BCUT2D eigenvalue weighted by atomic mass is 32.1. The number of likely N-dealkylation sites (N-methyl/N-ethyl adjacent to an activating group) is 1. The summed E-state index contributed by atoms with van der Waals surface area (Å²) in [7, 11) is 2.03. The maximum atomic E-state index is 8.75. The topological polar surface area (TPSA) is 39.9 Å². The van der Waals surface area contributed by atoms with Crippen molar-refractivity contribution in [2.75, 3.05) is 11.9 Å². The summed E-state index contributed by atoms with van der Waals surface area (Å²) in [5, 5.41) is 10.8. The summed E-state index contributed by atoms with van der Waals surface area (Å²) in [5.74, 6) is 0.901. The fourth-order valence-corrected chi connectivity index (χ4v) is 2.57. The molecule has 0 bridgehead atoms. The Hall–Kier alpha value is -1.86. The lowest BCUT2D eigenvalue weighted by atomic mass is 10.2. The van der Waals surface area contributed by atoms with Crippen LogP contribution >= 0.6 is 11.3 Å². The summed E-state index contributed by atoms with van der Waals surface area (Å²) in [4.78, 5) is 7.82. The van der Waals surface area contributed by atoms with Crippen molar-refractivity contribution in [2.45, 2.75) is 19.4 Å². The Morgan fingerprint density at radius 1 is 1.44 bits per heavy atom. The van der Waals surface area contributed by atoms with E-state index in [1.165, 1.54) is 4.88 Å². The van der Waals surface area contributed by atoms with Gasteiger partial charge in [0.2, 0.25) is 0 Å². The van der Waals surface area contributed by atoms with E-state index in [0.29, 0.717) is 11.6 Å². The molecule has 2 rings (SSSR count). The Morgan fingerprint density at radius 3 is 2.83 bits per heavy atom. The van der Waals surface area contributed by atoms with Crippen LogP contribution in [0.2, 0.25) is 0 Å². The van der Waals surface area contributed by atoms with Crippen molar-refractivity contribution in [1.29, 1.82) is 5.26 Å². The van der Waals surface area contributed by atoms with Crippen LogP contribution in [0.4, 0.5) is 5.82 Å². The number of anilines is 1. The number of thiophene rings is 1. The van der Waals surface area contributed by atoms with Gasteiger partial charge in [0.15, 0.2) is 0 Å². The van der Waals surface area contributed by atoms with Crippen LogP contribution in [0.25, 0.3) is 0 Å². The number of nitrogens with zero attached hydrogens (tertiary/aromatic N) is 3. The van der Waals surface area contributed by atoms with E-state index in [2.05, 4.69) is 40.4 Å². The van der Waals surface area contributed by atoms with Gasteiger partial charge in [0.05, 0.1) is 5.56 Å². The number of hydrogen-bond acceptors (Lipinski definition) is 4. The molecule has 0 saturated heterocycles. The molecule has 0 amide bonds. The molecule has 1 atom stereocenters. The molecular weight excluding hydrogens is 242 g/mol. The predicted molar refractivity (Wildman–Crippen MR) is 74.8 cm³/mol. The minimum Gasteiger partial charge on any atom is -0.357 e. The highest BCUT2D eigenvalue weighted by Gasteiger charge is 2.12. The van der Waals surface area contributed by atoms with Crippen LogP contribution in [-0.4, -0.2) is 18.1 Å². The molecule has 0 spiro atoms. The van der Waals surface area contributed by atoms with E-state index in [9.17, 15) is 0 Å². The first-order chi connectivity index (χ1) is 8.70. The van der Waals surface area contributed by atoms with Crippen LogP contribution in [0.5, 0.6) is 0 Å². The van der Waals surface area contributed by atoms with Crippen LogP contribution in [0.3, 0.4) is 0 Å². The minimum atomic E-state index is 0.379. The van der Waals surface area contributed by atoms with E-state index in [-0.39, 0.29) is 0 Å². The lowest BCUT2D eigenvalue weighted by Crippen LogP contribution is -2.31. The van der Waals surface area contributed by atoms with Crippen molar-refractivity contribution in [3.63, 3.8) is 0 Å². The van der Waals surface area contributed by atoms with Gasteiger partial charge in [0.1, 0.15) is 11.9 Å². The van der Waals surface area contributed by atoms with Crippen LogP contribution in [-0.2, 0) is 6.42 Å². The van der Waals surface area contributed by atoms with Crippen molar-refractivity contribution in [3.8, 4) is 6.07 Å². The van der Waals surface area contributed by atoms with Crippen LogP contribution < -0.4 is 4.90 Å². The van der Waals surface area contributed by atoms with Gasteiger partial charge in [-0.25, -0.2) is 4.98 Å². The second-order valence-electron chi connectivity index (χ2n) is 4.26. The molecule has 2 aromatic heterocycles. The fraction of sp³-hybridized carbons (Fsp3) is 0.286. The lowest BCUT2D eigenvalue weighted by Gasteiger charge is -2.25. The number of rotatable bonds is 4. The van der Waals surface area contributed by atoms with Crippen molar-refractivity contribution in [1.82, 2.24) is 4.98 Å². The van der Waals surface area contributed by atoms with Crippen molar-refractivity contribution < 1.29 is 0 Å². The molecule has 0 aliphatic carbocycles. The molecular formula is C14H15N3S. The van der Waals surface area contributed by atoms with Gasteiger partial charge in [-0.2, -0.15) is 5.26 Å². The van der Waals surface area contributed by atoms with Gasteiger partial charge in [-0.3, -0.25) is 0 Å². The van der Waals surface area contributed by atoms with Crippen LogP contribution in [0.1, 0.15) is 17.4 Å². The second-order valence-corrected chi connectivity index (χ2v) is 5.29. The molecule has 92 valence electrons. The summed E-state index contributed by atoms with van der Waals surface area (Å²) in [6.07, 6.45) is 2.62. The first-order valence-corrected chi connectivity index (χ1v) is 6.70. The molecule has 3 nitrogen and oxygen atoms in total. The third-order valence-corrected chi connectivity index (χ3v) is 3.87. The van der Waals surface area contributed by atoms with Crippen molar-refractivity contribution >= 4 is 17.2 Å². The van der Waals surface area contributed by atoms with Gasteiger partial charge in [0.25, 0.3) is 0 Å². The van der Waals surface area contributed by atoms with Gasteiger partial charge >= 0.3 is 0 Å². The Bertz CT molecular complexity index is 525. The fourth-order valence-electron chi connectivity index (χ4n) is 1.74. The molecule has 2 aromatic rings. The normalized spacial score (nSPS) is 11.8. The van der Waals surface area contributed by atoms with Crippen molar-refractivity contribution in [3.05, 3.63) is 46.3 Å². The first kappa shape index (κ1) is 12.6. The smallest absolute Gasteiger partial charge is 0.128 e. The number of hydrogen-bond donors (Lipinski definition) is 0. The highest BCUT2D eigenvalue weighted by molar-refractivity contribution is 7.09. The maximum Gasteiger partial charge on any atom is 0.128 e. The van der Waals surface area contributed by atoms with E-state index in [0.717, 1.165) is 12.2 Å². The second kappa shape index (κ2) is 5.65. The molecule has 1 unspecified atom stereocenters. The molecule has 2 heterocycles. The molecule has 0 N–H and O–H groups in total. The standard InChI is InChI=1S/C14H15N3S/c1-11(8-13-4-3-7-18-13)17(2)14-6-5-12(9-15)10-16-14/h3-7,10-11H,8H2,1-2H3. The third kappa shape index (κ3) is 2.88. The van der Waals surface area contributed by atoms with Gasteiger partial charge in [-0.05, 0) is 30.5 Å². The predicted octanol–water partition coefficient (Wildman–Crippen LogP) is 3.08. The first-order valence-electron chi connectivity index (χ1n) is 5.82. The molecule has 0 saturated carbocycles. The zero-order chi connectivity index (χ0) is 13.0. The Balaban J connectivity index is 2.05. The van der Waals surface area contributed by atoms with Crippen LogP contribution in [0, 0.1) is 11.3 Å². The van der Waals surface area contributed by atoms with E-state index >= 15 is 0 Å². The largest absolute Gasteiger partial charge is 0.357 e. The Kier molecular flexibility index (Phi) is 3.96. The minimum absolute atomic E-state index is 0.379. The van der Waals surface area contributed by atoms with Crippen molar-refractivity contribution in [2.24, 2.45) is 0 Å². The summed E-state index contributed by atoms with van der Waals surface area (Å²) < 4.78 is 0. The van der Waals surface area contributed by atoms with E-state index in [1.54, 1.807) is 23.6 Å². The third-order valence-electron chi connectivity index (χ3n) is 2.98. The Labute approximate surface area is 111 Å². The molecule has 0 aliphatic heterocycles. The SMILES string of the molecule is CC(Cc1cccs1)N(C)c1ccc(C#N)cn1. The molecule has 0 fully saturated rings. The summed E-state index contributed by atoms with van der Waals surface area (Å²) in [6.45, 7) is 2.18. The molecule has 0 radical (unpaired) electrons. The molecule has 0 aromatic carbocycles. The zero-order valence-electron chi connectivity index (χ0n) is 10.5. The molecule has 18 heavy (non-hydrogen) atoms. The summed E-state index contributed by atoms with van der Waals surface area (Å²) >= 11 is 1.78. The average molecular weight is 257 g/mol. The number of aromatic nitrogens is 1. The summed E-state index contributed by atoms with van der Waals surface area (Å²) in [6, 6.07) is 10.4. The maximum absolute atomic E-state index is 8.75. The zero-order valence-corrected chi connectivity index (χ0v) is 11.3. The quantitative estimate of drug-likeness (QED) is 0.845. The lowest BCUT2D eigenvalue weighted by molar-refractivity contribution is 0.680. The monoisotopic (exact) mass is 257 g/mol. The van der Waals surface area contributed by atoms with Crippen LogP contribution in [0.15, 0.2) is 35.8 Å². The van der Waals surface area contributed by atoms with E-state index < -0.39 is 0 Å². The number of nitriles is 1. The average Bonchev–Trinajstić information content (AvgIpc) is 2.91. The number of pyridine rings is 1. The summed E-state index contributed by atoms with van der Waals surface area (Å²) in [5.41, 5.74) is 0.595. The highest BCUT2D eigenvalue weighted by Crippen LogP contribution is 2.17. The van der Waals surface area contributed by atoms with Gasteiger partial charge in [0, 0.05) is 30.6 Å². The molecule has 0 aliphatic rings. The Morgan fingerprint density at radius 2 is 2.28 bits per heavy atom. The van der Waals surface area contributed by atoms with E-state index in [4.69, 9.17) is 5.26 Å². The van der Waals surface area contributed by atoms with Gasteiger partial charge < -0.3 is 4.90 Å². The van der Waals surface area contributed by atoms with Gasteiger partial charge in [-0.1, -0.05) is 6.07 Å².